The summed E-state index contributed by atoms with van der Waals surface area (Å²) in [6, 6.07) is 8.00. The van der Waals surface area contributed by atoms with Gasteiger partial charge in [0.15, 0.2) is 11.2 Å². The van der Waals surface area contributed by atoms with Gasteiger partial charge in [-0.15, -0.1) is 0 Å². The van der Waals surface area contributed by atoms with Crippen LogP contribution in [-0.2, 0) is 32.0 Å². The highest BCUT2D eigenvalue weighted by Crippen LogP contribution is 2.33. The van der Waals surface area contributed by atoms with E-state index in [9.17, 15) is 19.5 Å². The first-order chi connectivity index (χ1) is 16.7. The number of fused-ring (bicyclic) bond motifs is 2. The van der Waals surface area contributed by atoms with Crippen molar-refractivity contribution in [1.29, 1.82) is 0 Å². The molecule has 35 heavy (non-hydrogen) atoms. The maximum Gasteiger partial charge on any atom is 0.332 e. The SMILES string of the molecule is Cn1c(=O)c2c(ncn2[C@@H]2CCN(C(=O)CCCN3Cc4ccccc4C3)C[C@@]2(C)O)n(C)c1=O. The highest BCUT2D eigenvalue weighted by Gasteiger charge is 2.41. The first-order valence-corrected chi connectivity index (χ1v) is 12.1. The molecule has 2 aliphatic rings. The summed E-state index contributed by atoms with van der Waals surface area (Å²) in [6.07, 6.45) is 3.20. The Bertz CT molecular complexity index is 1380. The highest BCUT2D eigenvalue weighted by molar-refractivity contribution is 5.76. The standard InChI is InChI=1S/C25H32N6O4/c1-25(35)15-30(20(32)9-6-11-29-13-17-7-4-5-8-18(17)14-29)12-10-19(25)31-16-26-22-21(31)23(33)28(3)24(34)27(22)2/h4-5,7-8,16,19,35H,6,9-15H2,1-3H3/t19-,25-/m1/s1. The average Bonchev–Trinajstić information content (AvgIpc) is 3.45. The lowest BCUT2D eigenvalue weighted by Gasteiger charge is -2.43. The maximum absolute atomic E-state index is 13.0. The van der Waals surface area contributed by atoms with Crippen molar-refractivity contribution in [1.82, 2.24) is 28.5 Å². The summed E-state index contributed by atoms with van der Waals surface area (Å²) < 4.78 is 4.05. The zero-order valence-electron chi connectivity index (χ0n) is 20.5. The quantitative estimate of drug-likeness (QED) is 0.578. The van der Waals surface area contributed by atoms with Crippen LogP contribution in [0.2, 0.25) is 0 Å². The zero-order chi connectivity index (χ0) is 24.9. The number of aryl methyl sites for hydroxylation is 1. The second-order valence-electron chi connectivity index (χ2n) is 10.1. The lowest BCUT2D eigenvalue weighted by atomic mass is 9.88. The Hall–Kier alpha value is -3.24. The smallest absolute Gasteiger partial charge is 0.332 e. The molecule has 0 spiro atoms. The van der Waals surface area contributed by atoms with Crippen molar-refractivity contribution in [3.05, 3.63) is 62.6 Å². The molecule has 0 saturated carbocycles. The Kier molecular flexibility index (Phi) is 5.88. The fourth-order valence-corrected chi connectivity index (χ4v) is 5.59. The fraction of sp³-hybridized carbons (Fsp3) is 0.520. The largest absolute Gasteiger partial charge is 0.386 e. The van der Waals surface area contributed by atoms with E-state index in [4.69, 9.17) is 0 Å². The van der Waals surface area contributed by atoms with Gasteiger partial charge in [0.2, 0.25) is 5.91 Å². The molecule has 1 N–H and O–H groups in total. The fourth-order valence-electron chi connectivity index (χ4n) is 5.59. The van der Waals surface area contributed by atoms with Gasteiger partial charge in [0, 0.05) is 40.2 Å². The molecule has 1 aromatic carbocycles. The number of benzene rings is 1. The first-order valence-electron chi connectivity index (χ1n) is 12.1. The van der Waals surface area contributed by atoms with Gasteiger partial charge >= 0.3 is 5.69 Å². The lowest BCUT2D eigenvalue weighted by Crippen LogP contribution is -2.54. The van der Waals surface area contributed by atoms with Gasteiger partial charge in [-0.05, 0) is 37.4 Å². The third-order valence-electron chi connectivity index (χ3n) is 7.53. The summed E-state index contributed by atoms with van der Waals surface area (Å²) in [5, 5.41) is 11.3. The molecular formula is C25H32N6O4. The van der Waals surface area contributed by atoms with E-state index in [0.717, 1.165) is 30.6 Å². The Labute approximate surface area is 203 Å². The molecule has 186 valence electrons. The molecule has 0 aliphatic carbocycles. The van der Waals surface area contributed by atoms with Crippen molar-refractivity contribution in [2.45, 2.75) is 50.9 Å². The van der Waals surface area contributed by atoms with Crippen molar-refractivity contribution in [2.75, 3.05) is 19.6 Å². The van der Waals surface area contributed by atoms with Gasteiger partial charge in [0.1, 0.15) is 5.60 Å². The molecule has 1 saturated heterocycles. The van der Waals surface area contributed by atoms with Crippen LogP contribution >= 0.6 is 0 Å². The molecule has 5 rings (SSSR count). The molecule has 1 amide bonds. The van der Waals surface area contributed by atoms with Gasteiger partial charge in [-0.25, -0.2) is 9.78 Å². The predicted molar refractivity (Wildman–Crippen MR) is 131 cm³/mol. The van der Waals surface area contributed by atoms with Crippen LogP contribution in [0, 0.1) is 0 Å². The topological polar surface area (TPSA) is 106 Å². The summed E-state index contributed by atoms with van der Waals surface area (Å²) >= 11 is 0. The van der Waals surface area contributed by atoms with Gasteiger partial charge in [0.25, 0.3) is 5.56 Å². The summed E-state index contributed by atoms with van der Waals surface area (Å²) in [7, 11) is 3.00. The maximum atomic E-state index is 13.0. The first kappa shape index (κ1) is 23.5. The Balaban J connectivity index is 1.24. The molecule has 0 radical (unpaired) electrons. The molecule has 0 unspecified atom stereocenters. The zero-order valence-corrected chi connectivity index (χ0v) is 20.5. The summed E-state index contributed by atoms with van der Waals surface area (Å²) in [4.78, 5) is 46.4. The number of carbonyl (C=O) groups excluding carboxylic acids is 1. The van der Waals surface area contributed by atoms with Crippen molar-refractivity contribution in [3.63, 3.8) is 0 Å². The number of likely N-dealkylation sites (tertiary alicyclic amines) is 1. The summed E-state index contributed by atoms with van der Waals surface area (Å²) in [6.45, 7) is 5.06. The summed E-state index contributed by atoms with van der Waals surface area (Å²) in [5.41, 5.74) is 1.15. The number of carbonyl (C=O) groups is 1. The molecule has 10 nitrogen and oxygen atoms in total. The second kappa shape index (κ2) is 8.76. The summed E-state index contributed by atoms with van der Waals surface area (Å²) in [5.74, 6) is 0.0363. The molecule has 4 heterocycles. The highest BCUT2D eigenvalue weighted by atomic mass is 16.3. The number of rotatable bonds is 5. The number of hydrogen-bond donors (Lipinski definition) is 1. The van der Waals surface area contributed by atoms with Gasteiger partial charge in [-0.3, -0.25) is 23.6 Å². The van der Waals surface area contributed by atoms with E-state index < -0.39 is 22.9 Å². The number of nitrogens with zero attached hydrogens (tertiary/aromatic N) is 6. The lowest BCUT2D eigenvalue weighted by molar-refractivity contribution is -0.140. The minimum atomic E-state index is -1.25. The number of piperidine rings is 1. The Morgan fingerprint density at radius 1 is 1.14 bits per heavy atom. The van der Waals surface area contributed by atoms with E-state index >= 15 is 0 Å². The van der Waals surface area contributed by atoms with Gasteiger partial charge in [-0.2, -0.15) is 0 Å². The van der Waals surface area contributed by atoms with E-state index in [-0.39, 0.29) is 23.6 Å². The van der Waals surface area contributed by atoms with E-state index in [0.29, 0.717) is 19.4 Å². The number of hydrogen-bond acceptors (Lipinski definition) is 6. The van der Waals surface area contributed by atoms with Crippen LogP contribution in [0.3, 0.4) is 0 Å². The van der Waals surface area contributed by atoms with Crippen LogP contribution in [-0.4, -0.2) is 64.7 Å². The second-order valence-corrected chi connectivity index (χ2v) is 10.1. The van der Waals surface area contributed by atoms with Gasteiger partial charge < -0.3 is 14.6 Å². The van der Waals surface area contributed by atoms with Crippen LogP contribution in [0.1, 0.15) is 43.4 Å². The van der Waals surface area contributed by atoms with Crippen molar-refractivity contribution in [3.8, 4) is 0 Å². The molecule has 2 aliphatic heterocycles. The van der Waals surface area contributed by atoms with Crippen LogP contribution in [0.25, 0.3) is 11.2 Å². The Morgan fingerprint density at radius 3 is 2.49 bits per heavy atom. The molecule has 2 aromatic heterocycles. The van der Waals surface area contributed by atoms with E-state index in [1.165, 1.54) is 29.1 Å². The average molecular weight is 481 g/mol. The Morgan fingerprint density at radius 2 is 1.83 bits per heavy atom. The van der Waals surface area contributed by atoms with Gasteiger partial charge in [-0.1, -0.05) is 24.3 Å². The van der Waals surface area contributed by atoms with Crippen LogP contribution in [0.4, 0.5) is 0 Å². The molecule has 3 aromatic rings. The van der Waals surface area contributed by atoms with Crippen LogP contribution in [0.5, 0.6) is 0 Å². The predicted octanol–water partition coefficient (Wildman–Crippen LogP) is 0.754. The number of β-amino-alcohol motifs (C(OH)–C–C–N with tert-alkyl or cyclic N) is 1. The number of aliphatic hydroxyl groups is 1. The minimum Gasteiger partial charge on any atom is -0.386 e. The molecule has 0 bridgehead atoms. The molecular weight excluding hydrogens is 448 g/mol. The van der Waals surface area contributed by atoms with Crippen LogP contribution < -0.4 is 11.2 Å². The molecule has 2 atom stereocenters. The monoisotopic (exact) mass is 480 g/mol. The molecule has 10 heteroatoms. The van der Waals surface area contributed by atoms with Crippen molar-refractivity contribution in [2.24, 2.45) is 14.1 Å². The van der Waals surface area contributed by atoms with E-state index in [1.807, 2.05) is 0 Å². The number of amides is 1. The van der Waals surface area contributed by atoms with Crippen LogP contribution in [0.15, 0.2) is 40.2 Å². The van der Waals surface area contributed by atoms with Gasteiger partial charge in [0.05, 0.1) is 18.9 Å². The number of imidazole rings is 1. The number of aromatic nitrogens is 4. The third kappa shape index (κ3) is 4.10. The van der Waals surface area contributed by atoms with E-state index in [1.54, 1.807) is 23.4 Å². The molecule has 1 fully saturated rings. The normalized spacial score (nSPS) is 22.6. The van der Waals surface area contributed by atoms with Crippen molar-refractivity contribution >= 4 is 17.1 Å². The third-order valence-corrected chi connectivity index (χ3v) is 7.53. The minimum absolute atomic E-state index is 0.0363. The van der Waals surface area contributed by atoms with Crippen molar-refractivity contribution < 1.29 is 9.90 Å². The van der Waals surface area contributed by atoms with E-state index in [2.05, 4.69) is 34.1 Å².